The van der Waals surface area contributed by atoms with Gasteiger partial charge in [0.05, 0.1) is 0 Å². The fraction of sp³-hybridized carbons (Fsp3) is 0.333. The molecule has 4 heteroatoms. The zero-order valence-electron chi connectivity index (χ0n) is 5.96. The number of hydrogen-bond donors (Lipinski definition) is 0. The number of aryl methyl sites for hydroxylation is 1. The Labute approximate surface area is 69.7 Å². The van der Waals surface area contributed by atoms with E-state index in [1.807, 2.05) is 13.0 Å². The van der Waals surface area contributed by atoms with Crippen molar-refractivity contribution in [3.8, 4) is 5.75 Å². The predicted molar refractivity (Wildman–Crippen MR) is 38.7 cm³/mol. The van der Waals surface area contributed by atoms with Crippen molar-refractivity contribution in [2.24, 2.45) is 0 Å². The van der Waals surface area contributed by atoms with Crippen LogP contribution in [0.1, 0.15) is 5.69 Å². The first-order valence-electron chi connectivity index (χ1n) is 2.88. The van der Waals surface area contributed by atoms with Gasteiger partial charge in [-0.3, -0.25) is 0 Å². The Hall–Kier alpha value is -0.484. The first kappa shape index (κ1) is 7.62. The number of rotatable bonds is 1. The first-order chi connectivity index (χ1) is 4.74. The summed E-state index contributed by atoms with van der Waals surface area (Å²) in [5.41, 5.74) is 0.837. The summed E-state index contributed by atoms with van der Waals surface area (Å²) < 4.78 is 5.97. The van der Waals surface area contributed by atoms with Gasteiger partial charge in [0, 0.05) is 0 Å². The molecule has 0 N–H and O–H groups in total. The van der Waals surface area contributed by atoms with Gasteiger partial charge in [-0.2, -0.15) is 0 Å². The molecule has 0 aliphatic heterocycles. The van der Waals surface area contributed by atoms with E-state index in [1.54, 1.807) is 7.11 Å². The standard InChI is InChI=1S/C6H7N2O.Ga/c1-5-6(9-2)3-4-7-8-5;/h3H,1-2H3;. The molecule has 0 fully saturated rings. The van der Waals surface area contributed by atoms with Gasteiger partial charge in [0.15, 0.2) is 0 Å². The van der Waals surface area contributed by atoms with Crippen LogP contribution in [0.5, 0.6) is 5.75 Å². The van der Waals surface area contributed by atoms with Crippen LogP contribution in [0.25, 0.3) is 0 Å². The molecule has 0 aromatic carbocycles. The molecule has 0 amide bonds. The Morgan fingerprint density at radius 3 is 2.70 bits per heavy atom. The van der Waals surface area contributed by atoms with Crippen molar-refractivity contribution < 1.29 is 4.74 Å². The SMILES string of the molecule is COc1c[c]([Ga])nnc1C. The average molecular weight is 193 g/mol. The maximum atomic E-state index is 5.03. The van der Waals surface area contributed by atoms with Gasteiger partial charge >= 0.3 is 69.3 Å². The van der Waals surface area contributed by atoms with E-state index in [-0.39, 0.29) is 0 Å². The molecule has 0 bridgehead atoms. The van der Waals surface area contributed by atoms with Crippen LogP contribution in [-0.4, -0.2) is 35.9 Å². The van der Waals surface area contributed by atoms with E-state index in [9.17, 15) is 0 Å². The second-order valence-electron chi connectivity index (χ2n) is 1.92. The van der Waals surface area contributed by atoms with E-state index in [0.717, 1.165) is 15.7 Å². The molecule has 1 heterocycles. The Morgan fingerprint density at radius 2 is 2.20 bits per heavy atom. The Kier molecular flexibility index (Phi) is 2.34. The van der Waals surface area contributed by atoms with E-state index in [1.165, 1.54) is 18.6 Å². The number of hydrogen-bond acceptors (Lipinski definition) is 3. The molecule has 1 aromatic heterocycles. The molecule has 0 saturated heterocycles. The monoisotopic (exact) mass is 192 g/mol. The van der Waals surface area contributed by atoms with Gasteiger partial charge in [-0.05, 0) is 0 Å². The fourth-order valence-electron chi connectivity index (χ4n) is 0.656. The molecule has 0 unspecified atom stereocenters. The van der Waals surface area contributed by atoms with Crippen molar-refractivity contribution in [1.82, 2.24) is 10.2 Å². The van der Waals surface area contributed by atoms with Crippen LogP contribution in [-0.2, 0) is 0 Å². The third-order valence-electron chi connectivity index (χ3n) is 1.17. The van der Waals surface area contributed by atoms with E-state index in [2.05, 4.69) is 10.2 Å². The quantitative estimate of drug-likeness (QED) is 0.568. The summed E-state index contributed by atoms with van der Waals surface area (Å²) in [5, 5.41) is 7.78. The van der Waals surface area contributed by atoms with Gasteiger partial charge < -0.3 is 0 Å². The molecule has 0 atom stereocenters. The predicted octanol–water partition coefficient (Wildman–Crippen LogP) is -0.413. The van der Waals surface area contributed by atoms with Gasteiger partial charge in [0.2, 0.25) is 0 Å². The van der Waals surface area contributed by atoms with Crippen LogP contribution in [0.4, 0.5) is 0 Å². The van der Waals surface area contributed by atoms with Crippen molar-refractivity contribution >= 4 is 22.8 Å². The minimum atomic E-state index is 0.814. The average Bonchev–Trinajstić information content (AvgIpc) is 1.94. The van der Waals surface area contributed by atoms with Crippen LogP contribution in [0.15, 0.2) is 6.07 Å². The van der Waals surface area contributed by atoms with E-state index >= 15 is 0 Å². The molecule has 0 spiro atoms. The van der Waals surface area contributed by atoms with Crippen molar-refractivity contribution in [1.29, 1.82) is 0 Å². The summed E-state index contributed by atoms with van der Waals surface area (Å²) in [5.74, 6) is 0.814. The van der Waals surface area contributed by atoms with Crippen molar-refractivity contribution in [2.45, 2.75) is 6.92 Å². The summed E-state index contributed by atoms with van der Waals surface area (Å²) in [6.45, 7) is 1.87. The van der Waals surface area contributed by atoms with Gasteiger partial charge in [-0.1, -0.05) is 0 Å². The Balaban J connectivity index is 3.09. The summed E-state index contributed by atoms with van der Waals surface area (Å²) in [6, 6.07) is 1.89. The zero-order chi connectivity index (χ0) is 7.56. The molecule has 1 rings (SSSR count). The Bertz CT molecular complexity index is 239. The van der Waals surface area contributed by atoms with Crippen LogP contribution in [0.3, 0.4) is 0 Å². The van der Waals surface area contributed by atoms with Crippen LogP contribution < -0.4 is 8.99 Å². The van der Waals surface area contributed by atoms with Gasteiger partial charge in [-0.25, -0.2) is 0 Å². The van der Waals surface area contributed by atoms with E-state index < -0.39 is 0 Å². The van der Waals surface area contributed by atoms with Gasteiger partial charge in [0.25, 0.3) is 0 Å². The molecule has 0 aliphatic carbocycles. The molecule has 50 valence electrons. The van der Waals surface area contributed by atoms with Gasteiger partial charge in [0.1, 0.15) is 0 Å². The van der Waals surface area contributed by atoms with Crippen molar-refractivity contribution in [3.63, 3.8) is 0 Å². The maximum absolute atomic E-state index is 5.03. The van der Waals surface area contributed by atoms with Crippen LogP contribution in [0, 0.1) is 6.92 Å². The summed E-state index contributed by atoms with van der Waals surface area (Å²) in [7, 11) is 1.64. The second kappa shape index (κ2) is 3.07. The van der Waals surface area contributed by atoms with Gasteiger partial charge in [-0.15, -0.1) is 0 Å². The molecular formula is C6H7GaN2O. The number of nitrogens with zero attached hydrogens (tertiary/aromatic N) is 2. The topological polar surface area (TPSA) is 35.0 Å². The molecule has 10 heavy (non-hydrogen) atoms. The number of ether oxygens (including phenoxy) is 1. The van der Waals surface area contributed by atoms with Crippen LogP contribution in [0.2, 0.25) is 0 Å². The molecule has 1 aromatic rings. The van der Waals surface area contributed by atoms with E-state index in [4.69, 9.17) is 4.74 Å². The summed E-state index contributed by atoms with van der Waals surface area (Å²) >= 11 is 1.45. The molecule has 0 saturated carbocycles. The van der Waals surface area contributed by atoms with E-state index in [0.29, 0.717) is 0 Å². The molecule has 2 radical (unpaired) electrons. The summed E-state index contributed by atoms with van der Waals surface area (Å²) in [4.78, 5) is 0. The molecular weight excluding hydrogens is 186 g/mol. The fourth-order valence-corrected chi connectivity index (χ4v) is 1.10. The summed E-state index contributed by atoms with van der Waals surface area (Å²) in [6.07, 6.45) is 0. The number of methoxy groups -OCH3 is 1. The third-order valence-corrected chi connectivity index (χ3v) is 1.76. The van der Waals surface area contributed by atoms with Crippen molar-refractivity contribution in [3.05, 3.63) is 11.8 Å². The molecule has 3 nitrogen and oxygen atoms in total. The minimum absolute atomic E-state index is 0.814. The van der Waals surface area contributed by atoms with Crippen molar-refractivity contribution in [2.75, 3.05) is 7.11 Å². The zero-order valence-corrected chi connectivity index (χ0v) is 8.38. The third kappa shape index (κ3) is 1.51. The second-order valence-corrected chi connectivity index (χ2v) is 3.16. The molecule has 0 aliphatic rings. The number of aromatic nitrogens is 2. The Morgan fingerprint density at radius 1 is 1.50 bits per heavy atom. The van der Waals surface area contributed by atoms with Crippen LogP contribution >= 0.6 is 0 Å². The first-order valence-corrected chi connectivity index (χ1v) is 4.09. The normalized spacial score (nSPS) is 9.40.